The number of benzene rings is 1. The zero-order valence-electron chi connectivity index (χ0n) is 12.1. The third kappa shape index (κ3) is 4.84. The molecule has 1 saturated carbocycles. The zero-order valence-corrected chi connectivity index (χ0v) is 12.1. The highest BCUT2D eigenvalue weighted by Crippen LogP contribution is 2.19. The van der Waals surface area contributed by atoms with Gasteiger partial charge in [-0.1, -0.05) is 12.1 Å². The summed E-state index contributed by atoms with van der Waals surface area (Å²) in [7, 11) is 1.50. The summed E-state index contributed by atoms with van der Waals surface area (Å²) in [5.74, 6) is -0.341. The van der Waals surface area contributed by atoms with Gasteiger partial charge in [0.05, 0.1) is 6.61 Å². The Morgan fingerprint density at radius 3 is 2.86 bits per heavy atom. The molecule has 2 amide bonds. The fourth-order valence-corrected chi connectivity index (χ4v) is 1.89. The van der Waals surface area contributed by atoms with Crippen LogP contribution in [0.15, 0.2) is 24.3 Å². The number of hydrogen-bond acceptors (Lipinski definition) is 4. The number of ether oxygens (including phenoxy) is 1. The van der Waals surface area contributed by atoms with Gasteiger partial charge in [0.2, 0.25) is 5.91 Å². The van der Waals surface area contributed by atoms with Gasteiger partial charge in [-0.3, -0.25) is 9.59 Å². The number of hydrogen-bond donors (Lipinski definition) is 3. The predicted octanol–water partition coefficient (Wildman–Crippen LogP) is 0.169. The van der Waals surface area contributed by atoms with Gasteiger partial charge in [0.1, 0.15) is 6.04 Å². The van der Waals surface area contributed by atoms with E-state index in [1.807, 2.05) is 6.07 Å². The van der Waals surface area contributed by atoms with E-state index in [0.717, 1.165) is 18.4 Å². The maximum atomic E-state index is 11.9. The van der Waals surface area contributed by atoms with Gasteiger partial charge in [-0.25, -0.2) is 0 Å². The minimum Gasteiger partial charge on any atom is -0.383 e. The van der Waals surface area contributed by atoms with E-state index in [0.29, 0.717) is 18.2 Å². The fraction of sp³-hybridized carbons (Fsp3) is 0.467. The van der Waals surface area contributed by atoms with Crippen molar-refractivity contribution in [3.05, 3.63) is 35.4 Å². The van der Waals surface area contributed by atoms with E-state index < -0.39 is 6.04 Å². The Bertz CT molecular complexity index is 515. The lowest BCUT2D eigenvalue weighted by Gasteiger charge is -2.11. The average molecular weight is 291 g/mol. The highest BCUT2D eigenvalue weighted by atomic mass is 16.5. The van der Waals surface area contributed by atoms with Crippen molar-refractivity contribution in [2.24, 2.45) is 5.73 Å². The summed E-state index contributed by atoms with van der Waals surface area (Å²) >= 11 is 0. The summed E-state index contributed by atoms with van der Waals surface area (Å²) in [5, 5.41) is 5.66. The molecule has 2 rings (SSSR count). The lowest BCUT2D eigenvalue weighted by Crippen LogP contribution is -2.43. The zero-order chi connectivity index (χ0) is 15.2. The quantitative estimate of drug-likeness (QED) is 0.667. The Kier molecular flexibility index (Phi) is 5.30. The topological polar surface area (TPSA) is 93.4 Å². The van der Waals surface area contributed by atoms with Gasteiger partial charge in [-0.2, -0.15) is 0 Å². The predicted molar refractivity (Wildman–Crippen MR) is 78.6 cm³/mol. The van der Waals surface area contributed by atoms with Crippen LogP contribution in [0.4, 0.5) is 0 Å². The van der Waals surface area contributed by atoms with Gasteiger partial charge in [-0.15, -0.1) is 0 Å². The molecule has 1 atom stereocenters. The Balaban J connectivity index is 1.88. The van der Waals surface area contributed by atoms with Crippen molar-refractivity contribution in [1.29, 1.82) is 0 Å². The van der Waals surface area contributed by atoms with E-state index in [1.54, 1.807) is 18.2 Å². The Morgan fingerprint density at radius 2 is 2.19 bits per heavy atom. The molecule has 1 aliphatic carbocycles. The summed E-state index contributed by atoms with van der Waals surface area (Å²) in [6, 6.07) is 6.85. The van der Waals surface area contributed by atoms with Gasteiger partial charge in [0.15, 0.2) is 0 Å². The molecule has 1 aliphatic rings. The Labute approximate surface area is 124 Å². The molecule has 6 heteroatoms. The molecule has 0 aromatic heterocycles. The maximum Gasteiger partial charge on any atom is 0.251 e. The van der Waals surface area contributed by atoms with Crippen LogP contribution in [0.25, 0.3) is 0 Å². The van der Waals surface area contributed by atoms with Crippen LogP contribution in [-0.4, -0.2) is 37.6 Å². The van der Waals surface area contributed by atoms with Gasteiger partial charge < -0.3 is 21.1 Å². The molecule has 0 aliphatic heterocycles. The number of methoxy groups -OCH3 is 1. The minimum absolute atomic E-state index is 0.0678. The first-order chi connectivity index (χ1) is 10.1. The molecule has 1 aromatic rings. The van der Waals surface area contributed by atoms with E-state index in [2.05, 4.69) is 10.6 Å². The average Bonchev–Trinajstić information content (AvgIpc) is 3.29. The monoisotopic (exact) mass is 291 g/mol. The number of carbonyl (C=O) groups excluding carboxylic acids is 2. The Morgan fingerprint density at radius 1 is 1.43 bits per heavy atom. The van der Waals surface area contributed by atoms with Crippen LogP contribution in [0.3, 0.4) is 0 Å². The number of amides is 2. The second-order valence-corrected chi connectivity index (χ2v) is 5.23. The van der Waals surface area contributed by atoms with Gasteiger partial charge in [0, 0.05) is 25.3 Å². The number of nitrogens with one attached hydrogen (secondary N) is 2. The molecule has 1 unspecified atom stereocenters. The van der Waals surface area contributed by atoms with Crippen LogP contribution >= 0.6 is 0 Å². The van der Waals surface area contributed by atoms with Crippen molar-refractivity contribution >= 4 is 11.8 Å². The molecule has 6 nitrogen and oxygen atoms in total. The van der Waals surface area contributed by atoms with E-state index in [9.17, 15) is 9.59 Å². The van der Waals surface area contributed by atoms with Crippen molar-refractivity contribution in [3.8, 4) is 0 Å². The lowest BCUT2D eigenvalue weighted by molar-refractivity contribution is -0.123. The largest absolute Gasteiger partial charge is 0.383 e. The van der Waals surface area contributed by atoms with Crippen LogP contribution in [0.5, 0.6) is 0 Å². The summed E-state index contributed by atoms with van der Waals surface area (Å²) in [4.78, 5) is 23.6. The first-order valence-electron chi connectivity index (χ1n) is 7.02. The Hall–Kier alpha value is -1.92. The normalized spacial score (nSPS) is 15.3. The molecule has 21 heavy (non-hydrogen) atoms. The molecule has 0 spiro atoms. The highest BCUT2D eigenvalue weighted by molar-refractivity contribution is 5.94. The van der Waals surface area contributed by atoms with Crippen molar-refractivity contribution in [1.82, 2.24) is 10.6 Å². The molecule has 1 fully saturated rings. The van der Waals surface area contributed by atoms with Crippen LogP contribution in [0.1, 0.15) is 28.8 Å². The molecular weight excluding hydrogens is 270 g/mol. The maximum absolute atomic E-state index is 11.9. The number of rotatable bonds is 7. The second-order valence-electron chi connectivity index (χ2n) is 5.23. The molecule has 1 aromatic carbocycles. The van der Waals surface area contributed by atoms with E-state index in [-0.39, 0.29) is 18.4 Å². The summed E-state index contributed by atoms with van der Waals surface area (Å²) < 4.78 is 4.83. The standard InChI is InChI=1S/C15H21N3O3/c1-21-9-13(16)15(20)17-8-10-3-2-4-11(7-10)14(19)18-12-5-6-12/h2-4,7,12-13H,5-6,8-9,16H2,1H3,(H,17,20)(H,18,19). The van der Waals surface area contributed by atoms with Crippen LogP contribution in [-0.2, 0) is 16.1 Å². The summed E-state index contributed by atoms with van der Waals surface area (Å²) in [6.07, 6.45) is 2.11. The third-order valence-electron chi connectivity index (χ3n) is 3.25. The summed E-state index contributed by atoms with van der Waals surface area (Å²) in [5.41, 5.74) is 7.09. The van der Waals surface area contributed by atoms with Crippen molar-refractivity contribution in [2.75, 3.05) is 13.7 Å². The molecule has 4 N–H and O–H groups in total. The molecule has 0 saturated heterocycles. The fourth-order valence-electron chi connectivity index (χ4n) is 1.89. The molecule has 0 radical (unpaired) electrons. The molecule has 0 heterocycles. The SMILES string of the molecule is COCC(N)C(=O)NCc1cccc(C(=O)NC2CC2)c1. The third-order valence-corrected chi connectivity index (χ3v) is 3.25. The molecular formula is C15H21N3O3. The van der Waals surface area contributed by atoms with Crippen molar-refractivity contribution < 1.29 is 14.3 Å². The van der Waals surface area contributed by atoms with Crippen LogP contribution in [0.2, 0.25) is 0 Å². The highest BCUT2D eigenvalue weighted by Gasteiger charge is 2.23. The van der Waals surface area contributed by atoms with Crippen LogP contribution < -0.4 is 16.4 Å². The van der Waals surface area contributed by atoms with Crippen molar-refractivity contribution in [2.45, 2.75) is 31.5 Å². The second kappa shape index (κ2) is 7.19. The van der Waals surface area contributed by atoms with Gasteiger partial charge in [-0.05, 0) is 30.5 Å². The summed E-state index contributed by atoms with van der Waals surface area (Å²) in [6.45, 7) is 0.510. The van der Waals surface area contributed by atoms with Crippen LogP contribution in [0, 0.1) is 0 Å². The van der Waals surface area contributed by atoms with E-state index in [1.165, 1.54) is 7.11 Å². The number of nitrogens with two attached hydrogens (primary N) is 1. The first-order valence-corrected chi connectivity index (χ1v) is 7.02. The van der Waals surface area contributed by atoms with Gasteiger partial charge in [0.25, 0.3) is 5.91 Å². The smallest absolute Gasteiger partial charge is 0.251 e. The number of carbonyl (C=O) groups is 2. The minimum atomic E-state index is -0.684. The van der Waals surface area contributed by atoms with E-state index >= 15 is 0 Å². The first kappa shape index (κ1) is 15.5. The molecule has 0 bridgehead atoms. The van der Waals surface area contributed by atoms with E-state index in [4.69, 9.17) is 10.5 Å². The van der Waals surface area contributed by atoms with Crippen molar-refractivity contribution in [3.63, 3.8) is 0 Å². The van der Waals surface area contributed by atoms with Gasteiger partial charge >= 0.3 is 0 Å². The lowest BCUT2D eigenvalue weighted by atomic mass is 10.1. The molecule has 114 valence electrons.